The minimum atomic E-state index is -0.495. The van der Waals surface area contributed by atoms with Gasteiger partial charge in [-0.05, 0) is 66.1 Å². The van der Waals surface area contributed by atoms with Crippen molar-refractivity contribution in [3.05, 3.63) is 62.7 Å². The molecule has 0 radical (unpaired) electrons. The summed E-state index contributed by atoms with van der Waals surface area (Å²) < 4.78 is 25.0. The molecule has 4 rings (SSSR count). The van der Waals surface area contributed by atoms with Gasteiger partial charge in [-0.3, -0.25) is 19.3 Å². The van der Waals surface area contributed by atoms with E-state index in [0.717, 1.165) is 35.1 Å². The molecule has 0 aliphatic carbocycles. The van der Waals surface area contributed by atoms with Crippen LogP contribution in [-0.2, 0) is 16.2 Å². The molecule has 3 amide bonds. The molecule has 2 aromatic rings. The predicted octanol–water partition coefficient (Wildman–Crippen LogP) is 4.83. The van der Waals surface area contributed by atoms with Gasteiger partial charge in [0.15, 0.2) is 11.5 Å². The molecule has 10 heteroatoms. The lowest BCUT2D eigenvalue weighted by atomic mass is 10.1. The number of likely N-dealkylation sites (tertiary alicyclic amines) is 1. The largest absolute Gasteiger partial charge is 0.493 e. The topological polar surface area (TPSA) is 76.2 Å². The summed E-state index contributed by atoms with van der Waals surface area (Å²) in [7, 11) is 1.50. The molecule has 34 heavy (non-hydrogen) atoms. The maximum absolute atomic E-state index is 13.1. The molecule has 0 N–H and O–H groups in total. The number of ether oxygens (including phenoxy) is 2. The lowest BCUT2D eigenvalue weighted by Gasteiger charge is -2.18. The number of carbonyl (C=O) groups excluding carboxylic acids is 3. The molecule has 2 aromatic carbocycles. The second-order valence-corrected chi connectivity index (χ2v) is 9.64. The maximum atomic E-state index is 13.1. The Labute approximate surface area is 209 Å². The first kappa shape index (κ1) is 24.3. The number of nitrogens with zero attached hydrogens (tertiary/aromatic N) is 2. The lowest BCUT2D eigenvalue weighted by Crippen LogP contribution is -2.40. The molecule has 2 heterocycles. The van der Waals surface area contributed by atoms with E-state index < -0.39 is 11.1 Å². The molecule has 0 unspecified atom stereocenters. The molecule has 7 nitrogen and oxygen atoms in total. The number of halogens is 2. The van der Waals surface area contributed by atoms with E-state index in [1.165, 1.54) is 19.2 Å². The van der Waals surface area contributed by atoms with Gasteiger partial charge in [0.2, 0.25) is 5.91 Å². The first-order valence-corrected chi connectivity index (χ1v) is 12.2. The maximum Gasteiger partial charge on any atom is 0.294 e. The molecule has 0 atom stereocenters. The molecule has 2 saturated heterocycles. The smallest absolute Gasteiger partial charge is 0.294 e. The number of methoxy groups -OCH3 is 1. The van der Waals surface area contributed by atoms with E-state index >= 15 is 0 Å². The van der Waals surface area contributed by atoms with Gasteiger partial charge in [0.25, 0.3) is 11.1 Å². The van der Waals surface area contributed by atoms with Crippen LogP contribution in [0.2, 0.25) is 0 Å². The van der Waals surface area contributed by atoms with Gasteiger partial charge in [0.05, 0.1) is 12.0 Å². The summed E-state index contributed by atoms with van der Waals surface area (Å²) in [5.74, 6) is -0.143. The van der Waals surface area contributed by atoms with Crippen molar-refractivity contribution in [2.24, 2.45) is 0 Å². The highest BCUT2D eigenvalue weighted by molar-refractivity contribution is 9.10. The summed E-state index contributed by atoms with van der Waals surface area (Å²) in [5.41, 5.74) is 1.41. The Kier molecular flexibility index (Phi) is 7.57. The molecular formula is C24H22BrFN2O5S. The van der Waals surface area contributed by atoms with Gasteiger partial charge in [-0.2, -0.15) is 0 Å². The number of imide groups is 1. The predicted molar refractivity (Wildman–Crippen MR) is 130 cm³/mol. The van der Waals surface area contributed by atoms with Crippen molar-refractivity contribution in [3.63, 3.8) is 0 Å². The number of carbonyl (C=O) groups is 3. The summed E-state index contributed by atoms with van der Waals surface area (Å²) in [6.45, 7) is 1.29. The van der Waals surface area contributed by atoms with Crippen molar-refractivity contribution in [1.82, 2.24) is 9.80 Å². The van der Waals surface area contributed by atoms with Crippen molar-refractivity contribution >= 4 is 50.8 Å². The zero-order valence-electron chi connectivity index (χ0n) is 18.4. The van der Waals surface area contributed by atoms with Gasteiger partial charge in [-0.15, -0.1) is 0 Å². The normalized spacial score (nSPS) is 17.1. The van der Waals surface area contributed by atoms with Gasteiger partial charge < -0.3 is 14.4 Å². The van der Waals surface area contributed by atoms with Gasteiger partial charge in [0.1, 0.15) is 19.0 Å². The van der Waals surface area contributed by atoms with Crippen molar-refractivity contribution in [1.29, 1.82) is 0 Å². The number of amides is 3. The fourth-order valence-electron chi connectivity index (χ4n) is 3.65. The van der Waals surface area contributed by atoms with E-state index in [1.807, 2.05) is 0 Å². The minimum absolute atomic E-state index is 0.215. The van der Waals surface area contributed by atoms with Crippen molar-refractivity contribution < 1.29 is 28.2 Å². The fraction of sp³-hybridized carbons (Fsp3) is 0.292. The van der Waals surface area contributed by atoms with Gasteiger partial charge in [0, 0.05) is 17.6 Å². The summed E-state index contributed by atoms with van der Waals surface area (Å²) >= 11 is 4.28. The van der Waals surface area contributed by atoms with Crippen molar-refractivity contribution in [2.75, 3.05) is 26.7 Å². The van der Waals surface area contributed by atoms with E-state index in [0.29, 0.717) is 34.6 Å². The van der Waals surface area contributed by atoms with E-state index in [4.69, 9.17) is 9.47 Å². The average molecular weight is 549 g/mol. The van der Waals surface area contributed by atoms with Gasteiger partial charge in [-0.1, -0.05) is 28.1 Å². The molecule has 0 spiro atoms. The highest BCUT2D eigenvalue weighted by atomic mass is 79.9. The molecule has 0 saturated carbocycles. The first-order chi connectivity index (χ1) is 16.4. The Morgan fingerprint density at radius 3 is 2.53 bits per heavy atom. The van der Waals surface area contributed by atoms with Crippen LogP contribution >= 0.6 is 27.7 Å². The third-order valence-electron chi connectivity index (χ3n) is 5.50. The van der Waals surface area contributed by atoms with Crippen LogP contribution in [0.25, 0.3) is 6.08 Å². The van der Waals surface area contributed by atoms with Crippen LogP contribution in [0.5, 0.6) is 11.5 Å². The Morgan fingerprint density at radius 2 is 1.85 bits per heavy atom. The van der Waals surface area contributed by atoms with Crippen molar-refractivity contribution in [2.45, 2.75) is 19.4 Å². The van der Waals surface area contributed by atoms with Gasteiger partial charge >= 0.3 is 0 Å². The summed E-state index contributed by atoms with van der Waals surface area (Å²) in [5, 5.41) is -0.467. The van der Waals surface area contributed by atoms with Crippen LogP contribution in [0.4, 0.5) is 9.18 Å². The quantitative estimate of drug-likeness (QED) is 0.461. The summed E-state index contributed by atoms with van der Waals surface area (Å²) in [6, 6.07) is 9.38. The van der Waals surface area contributed by atoms with Crippen molar-refractivity contribution in [3.8, 4) is 11.5 Å². The summed E-state index contributed by atoms with van der Waals surface area (Å²) in [4.78, 5) is 40.5. The Hall–Kier alpha value is -2.85. The Morgan fingerprint density at radius 1 is 1.15 bits per heavy atom. The number of thioether (sulfide) groups is 1. The Balaban J connectivity index is 1.49. The van der Waals surface area contributed by atoms with E-state index in [9.17, 15) is 18.8 Å². The SMILES string of the molecule is COc1cc(/C=C2/SC(=O)N(CC(=O)N3CCCC3)C2=O)c(Br)cc1OCc1ccc(F)cc1. The highest BCUT2D eigenvalue weighted by Gasteiger charge is 2.37. The van der Waals surface area contributed by atoms with Crippen LogP contribution in [0.3, 0.4) is 0 Å². The number of rotatable bonds is 7. The number of benzene rings is 2. The number of hydrogen-bond donors (Lipinski definition) is 0. The average Bonchev–Trinajstić information content (AvgIpc) is 3.45. The van der Waals surface area contributed by atoms with E-state index in [-0.39, 0.29) is 29.8 Å². The second-order valence-electron chi connectivity index (χ2n) is 7.80. The zero-order chi connectivity index (χ0) is 24.2. The Bertz CT molecular complexity index is 1150. The third kappa shape index (κ3) is 5.44. The molecular weight excluding hydrogens is 527 g/mol. The highest BCUT2D eigenvalue weighted by Crippen LogP contribution is 2.38. The fourth-order valence-corrected chi connectivity index (χ4v) is 4.92. The van der Waals surface area contributed by atoms with E-state index in [2.05, 4.69) is 15.9 Å². The third-order valence-corrected chi connectivity index (χ3v) is 7.10. The van der Waals surface area contributed by atoms with Crippen LogP contribution in [0.15, 0.2) is 45.8 Å². The minimum Gasteiger partial charge on any atom is -0.493 e. The van der Waals surface area contributed by atoms with Crippen LogP contribution in [0.1, 0.15) is 24.0 Å². The molecule has 178 valence electrons. The monoisotopic (exact) mass is 548 g/mol. The standard InChI is InChI=1S/C24H22BrFN2O5S/c1-32-19-10-16(18(25)12-20(19)33-14-15-4-6-17(26)7-5-15)11-21-23(30)28(24(31)34-21)13-22(29)27-8-2-3-9-27/h4-7,10-12H,2-3,8-9,13-14H2,1H3/b21-11+. The van der Waals surface area contributed by atoms with Gasteiger partial charge in [-0.25, -0.2) is 4.39 Å². The molecule has 2 fully saturated rings. The second kappa shape index (κ2) is 10.6. The summed E-state index contributed by atoms with van der Waals surface area (Å²) in [6.07, 6.45) is 3.46. The first-order valence-electron chi connectivity index (χ1n) is 10.6. The molecule has 0 aromatic heterocycles. The molecule has 0 bridgehead atoms. The molecule has 2 aliphatic heterocycles. The lowest BCUT2D eigenvalue weighted by molar-refractivity contribution is -0.135. The van der Waals surface area contributed by atoms with Crippen LogP contribution in [-0.4, -0.2) is 53.6 Å². The zero-order valence-corrected chi connectivity index (χ0v) is 20.8. The molecule has 2 aliphatic rings. The van der Waals surface area contributed by atoms with E-state index in [1.54, 1.807) is 35.2 Å². The van der Waals surface area contributed by atoms with Crippen LogP contribution < -0.4 is 9.47 Å². The van der Waals surface area contributed by atoms with Crippen LogP contribution in [0, 0.1) is 5.82 Å². The number of hydrogen-bond acceptors (Lipinski definition) is 6.